The molecule has 0 aromatic rings. The summed E-state index contributed by atoms with van der Waals surface area (Å²) in [6, 6.07) is 0.128. The average molecular weight is 479 g/mol. The van der Waals surface area contributed by atoms with Crippen molar-refractivity contribution in [2.75, 3.05) is 13.7 Å². The molecule has 4 fully saturated rings. The Morgan fingerprint density at radius 1 is 1.12 bits per heavy atom. The van der Waals surface area contributed by atoms with Crippen molar-refractivity contribution >= 4 is 11.9 Å². The molecule has 4 saturated carbocycles. The standard InChI is InChI=1S/C27H46N2O5/c1-15(5-8-24(33)34-4)18-6-7-19-25-20(13-22(31)27(18,19)3)26(2)10-9-17(29-23(32)14-28)11-16(26)12-21(25)30/h15-22,25,30-31H,5-14,28H2,1-4H3,(H,29,32)/t15?,16?,17-,18?,19?,20?,21+,22-,25?,26?,27+/m0/s1. The van der Waals surface area contributed by atoms with E-state index in [4.69, 9.17) is 10.5 Å². The fourth-order valence-corrected chi connectivity index (χ4v) is 9.22. The highest BCUT2D eigenvalue weighted by molar-refractivity contribution is 5.78. The lowest BCUT2D eigenvalue weighted by Crippen LogP contribution is -2.63. The summed E-state index contributed by atoms with van der Waals surface area (Å²) in [6.07, 6.45) is 6.85. The van der Waals surface area contributed by atoms with Gasteiger partial charge in [-0.2, -0.15) is 0 Å². The van der Waals surface area contributed by atoms with Crippen LogP contribution in [-0.2, 0) is 14.3 Å². The van der Waals surface area contributed by atoms with Gasteiger partial charge >= 0.3 is 5.97 Å². The quantitative estimate of drug-likeness (QED) is 0.436. The molecule has 0 saturated heterocycles. The number of methoxy groups -OCH3 is 1. The van der Waals surface area contributed by atoms with E-state index in [-0.39, 0.29) is 47.3 Å². The van der Waals surface area contributed by atoms with Crippen molar-refractivity contribution in [3.05, 3.63) is 0 Å². The number of carbonyl (C=O) groups is 2. The normalized spacial score (nSPS) is 46.6. The Bertz CT molecular complexity index is 776. The van der Waals surface area contributed by atoms with Crippen LogP contribution in [-0.4, -0.2) is 54.0 Å². The van der Waals surface area contributed by atoms with E-state index in [1.54, 1.807) is 0 Å². The summed E-state index contributed by atoms with van der Waals surface area (Å²) in [4.78, 5) is 23.6. The summed E-state index contributed by atoms with van der Waals surface area (Å²) < 4.78 is 4.85. The zero-order valence-corrected chi connectivity index (χ0v) is 21.5. The second-order valence-electron chi connectivity index (χ2n) is 12.4. The number of esters is 1. The molecule has 0 radical (unpaired) electrons. The monoisotopic (exact) mass is 478 g/mol. The van der Waals surface area contributed by atoms with E-state index in [1.165, 1.54) is 7.11 Å². The van der Waals surface area contributed by atoms with Crippen molar-refractivity contribution in [1.29, 1.82) is 0 Å². The van der Waals surface area contributed by atoms with Gasteiger partial charge in [0, 0.05) is 12.5 Å². The van der Waals surface area contributed by atoms with Crippen LogP contribution in [0.4, 0.5) is 0 Å². The van der Waals surface area contributed by atoms with Crippen LogP contribution < -0.4 is 11.1 Å². The number of ether oxygens (including phenoxy) is 1. The molecule has 0 bridgehead atoms. The topological polar surface area (TPSA) is 122 Å². The zero-order chi connectivity index (χ0) is 24.8. The Hall–Kier alpha value is -1.18. The van der Waals surface area contributed by atoms with E-state index in [9.17, 15) is 19.8 Å². The first-order valence-electron chi connectivity index (χ1n) is 13.5. The molecule has 7 unspecified atom stereocenters. The van der Waals surface area contributed by atoms with Crippen LogP contribution in [0.3, 0.4) is 0 Å². The maximum atomic E-state index is 11.9. The van der Waals surface area contributed by atoms with Crippen LogP contribution in [0.25, 0.3) is 0 Å². The van der Waals surface area contributed by atoms with Crippen LogP contribution in [0.2, 0.25) is 0 Å². The number of hydrogen-bond donors (Lipinski definition) is 4. The highest BCUT2D eigenvalue weighted by Crippen LogP contribution is 2.68. The van der Waals surface area contributed by atoms with E-state index in [0.717, 1.165) is 51.4 Å². The first-order chi connectivity index (χ1) is 16.1. The van der Waals surface area contributed by atoms with Crippen molar-refractivity contribution in [2.24, 2.45) is 52.1 Å². The third kappa shape index (κ3) is 4.20. The van der Waals surface area contributed by atoms with Gasteiger partial charge in [0.1, 0.15) is 0 Å². The molecule has 34 heavy (non-hydrogen) atoms. The van der Waals surface area contributed by atoms with E-state index in [1.807, 2.05) is 0 Å². The van der Waals surface area contributed by atoms with Crippen molar-refractivity contribution in [3.8, 4) is 0 Å². The van der Waals surface area contributed by atoms with Gasteiger partial charge < -0.3 is 26.0 Å². The summed E-state index contributed by atoms with van der Waals surface area (Å²) in [7, 11) is 1.43. The number of nitrogens with one attached hydrogen (secondary N) is 1. The Balaban J connectivity index is 1.53. The van der Waals surface area contributed by atoms with Gasteiger partial charge in [0.15, 0.2) is 0 Å². The smallest absolute Gasteiger partial charge is 0.305 e. The highest BCUT2D eigenvalue weighted by Gasteiger charge is 2.65. The number of fused-ring (bicyclic) bond motifs is 5. The predicted octanol–water partition coefficient (Wildman–Crippen LogP) is 2.62. The Kier molecular flexibility index (Phi) is 7.39. The molecule has 0 heterocycles. The number of carbonyl (C=O) groups excluding carboxylic acids is 2. The van der Waals surface area contributed by atoms with Gasteiger partial charge in [0.25, 0.3) is 0 Å². The number of nitrogens with two attached hydrogens (primary N) is 1. The fourth-order valence-electron chi connectivity index (χ4n) is 9.22. The lowest BCUT2D eigenvalue weighted by atomic mass is 9.43. The van der Waals surface area contributed by atoms with Crippen molar-refractivity contribution < 1.29 is 24.5 Å². The Labute approximate surface area is 204 Å². The first-order valence-corrected chi connectivity index (χ1v) is 13.5. The van der Waals surface area contributed by atoms with Gasteiger partial charge in [-0.25, -0.2) is 0 Å². The van der Waals surface area contributed by atoms with Gasteiger partial charge in [0.05, 0.1) is 25.9 Å². The summed E-state index contributed by atoms with van der Waals surface area (Å²) in [5.74, 6) is 1.54. The maximum absolute atomic E-state index is 11.9. The fraction of sp³-hybridized carbons (Fsp3) is 0.926. The van der Waals surface area contributed by atoms with Gasteiger partial charge in [-0.1, -0.05) is 20.8 Å². The first kappa shape index (κ1) is 25.9. The van der Waals surface area contributed by atoms with Crippen LogP contribution in [0.1, 0.15) is 78.6 Å². The minimum atomic E-state index is -0.399. The molecule has 5 N–H and O–H groups in total. The van der Waals surface area contributed by atoms with Crippen molar-refractivity contribution in [3.63, 3.8) is 0 Å². The third-order valence-electron chi connectivity index (χ3n) is 11.1. The molecule has 0 aromatic carbocycles. The van der Waals surface area contributed by atoms with Crippen LogP contribution in [0.15, 0.2) is 0 Å². The molecule has 7 heteroatoms. The average Bonchev–Trinajstić information content (AvgIpc) is 3.17. The van der Waals surface area contributed by atoms with Crippen molar-refractivity contribution in [1.82, 2.24) is 5.32 Å². The molecule has 0 aliphatic heterocycles. The largest absolute Gasteiger partial charge is 0.469 e. The zero-order valence-electron chi connectivity index (χ0n) is 21.5. The van der Waals surface area contributed by atoms with Crippen LogP contribution in [0.5, 0.6) is 0 Å². The van der Waals surface area contributed by atoms with E-state index in [0.29, 0.717) is 36.0 Å². The lowest BCUT2D eigenvalue weighted by molar-refractivity contribution is -0.202. The second kappa shape index (κ2) is 9.70. The summed E-state index contributed by atoms with van der Waals surface area (Å²) in [6.45, 7) is 6.86. The SMILES string of the molecule is COC(=O)CCC(C)C1CCC2C3C(C[C@H](O)[C@]12C)C1(C)CC[C@H](NC(=O)CN)CC1C[C@H]3O. The second-order valence-corrected chi connectivity index (χ2v) is 12.4. The Morgan fingerprint density at radius 2 is 1.85 bits per heavy atom. The van der Waals surface area contributed by atoms with Gasteiger partial charge in [-0.05, 0) is 97.7 Å². The molecule has 0 spiro atoms. The molecule has 0 aromatic heterocycles. The minimum Gasteiger partial charge on any atom is -0.469 e. The molecular formula is C27H46N2O5. The highest BCUT2D eigenvalue weighted by atomic mass is 16.5. The predicted molar refractivity (Wildman–Crippen MR) is 129 cm³/mol. The molecule has 7 nitrogen and oxygen atoms in total. The number of aliphatic hydroxyl groups is 2. The Morgan fingerprint density at radius 3 is 2.53 bits per heavy atom. The minimum absolute atomic E-state index is 0.0113. The van der Waals surface area contributed by atoms with Crippen LogP contribution in [0, 0.1) is 46.3 Å². The molecule has 1 amide bonds. The molecule has 4 aliphatic rings. The third-order valence-corrected chi connectivity index (χ3v) is 11.1. The van der Waals surface area contributed by atoms with E-state index >= 15 is 0 Å². The van der Waals surface area contributed by atoms with E-state index < -0.39 is 6.10 Å². The molecule has 194 valence electrons. The van der Waals surface area contributed by atoms with Gasteiger partial charge in [-0.3, -0.25) is 9.59 Å². The number of hydrogen-bond acceptors (Lipinski definition) is 6. The molecule has 11 atom stereocenters. The molecule has 4 rings (SSSR count). The summed E-state index contributed by atoms with van der Waals surface area (Å²) in [5, 5.41) is 26.2. The van der Waals surface area contributed by atoms with E-state index in [2.05, 4.69) is 26.1 Å². The number of rotatable bonds is 6. The summed E-state index contributed by atoms with van der Waals surface area (Å²) >= 11 is 0. The lowest BCUT2D eigenvalue weighted by Gasteiger charge is -2.63. The number of amides is 1. The van der Waals surface area contributed by atoms with Crippen LogP contribution >= 0.6 is 0 Å². The molecular weight excluding hydrogens is 432 g/mol. The maximum Gasteiger partial charge on any atom is 0.305 e. The number of aliphatic hydroxyl groups excluding tert-OH is 2. The molecule has 4 aliphatic carbocycles. The van der Waals surface area contributed by atoms with Crippen molar-refractivity contribution in [2.45, 2.75) is 96.8 Å². The summed E-state index contributed by atoms with van der Waals surface area (Å²) in [5.41, 5.74) is 5.35. The van der Waals surface area contributed by atoms with Gasteiger partial charge in [0.2, 0.25) is 5.91 Å². The van der Waals surface area contributed by atoms with Gasteiger partial charge in [-0.15, -0.1) is 0 Å².